The molecule has 3 aliphatic heterocycles. The molecule has 0 N–H and O–H groups in total. The third-order valence-corrected chi connectivity index (χ3v) is 5.21. The van der Waals surface area contributed by atoms with E-state index in [9.17, 15) is 0 Å². The summed E-state index contributed by atoms with van der Waals surface area (Å²) >= 11 is 5.40. The van der Waals surface area contributed by atoms with Crippen molar-refractivity contribution in [2.45, 2.75) is 25.1 Å². The number of hydrogen-bond donors (Lipinski definition) is 0. The Labute approximate surface area is 119 Å². The molecule has 0 spiro atoms. The highest BCUT2D eigenvalue weighted by atomic mass is 79.9. The molecule has 0 aromatic heterocycles. The van der Waals surface area contributed by atoms with Crippen LogP contribution < -0.4 is 4.74 Å². The van der Waals surface area contributed by atoms with E-state index in [0.29, 0.717) is 6.04 Å². The summed E-state index contributed by atoms with van der Waals surface area (Å²) in [5, 5.41) is 1.15. The van der Waals surface area contributed by atoms with E-state index in [2.05, 4.69) is 33.8 Å². The molecule has 1 aromatic carbocycles. The van der Waals surface area contributed by atoms with Gasteiger partial charge in [0.15, 0.2) is 5.17 Å². The lowest BCUT2D eigenvalue weighted by Crippen LogP contribution is -2.48. The van der Waals surface area contributed by atoms with Crippen LogP contribution in [0.15, 0.2) is 27.7 Å². The van der Waals surface area contributed by atoms with E-state index in [0.717, 1.165) is 34.1 Å². The zero-order valence-electron chi connectivity index (χ0n) is 10.0. The van der Waals surface area contributed by atoms with Gasteiger partial charge in [0.25, 0.3) is 0 Å². The molecule has 1 saturated heterocycles. The predicted octanol–water partition coefficient (Wildman–Crippen LogP) is 3.41. The quantitative estimate of drug-likeness (QED) is 0.731. The van der Waals surface area contributed by atoms with Crippen molar-refractivity contribution >= 4 is 32.9 Å². The molecule has 0 saturated carbocycles. The van der Waals surface area contributed by atoms with Gasteiger partial charge in [-0.2, -0.15) is 0 Å². The number of aliphatic imine (C=N–C) groups is 1. The van der Waals surface area contributed by atoms with Gasteiger partial charge in [-0.05, 0) is 25.1 Å². The van der Waals surface area contributed by atoms with Crippen molar-refractivity contribution in [2.24, 2.45) is 4.99 Å². The molecule has 2 atom stereocenters. The first-order chi connectivity index (χ1) is 8.65. The summed E-state index contributed by atoms with van der Waals surface area (Å²) < 4.78 is 7.22. The van der Waals surface area contributed by atoms with Gasteiger partial charge in [-0.15, -0.1) is 0 Å². The van der Waals surface area contributed by atoms with Crippen molar-refractivity contribution in [3.63, 3.8) is 0 Å². The minimum absolute atomic E-state index is 0.380. The van der Waals surface area contributed by atoms with E-state index in [-0.39, 0.29) is 5.72 Å². The van der Waals surface area contributed by atoms with Crippen LogP contribution in [0.4, 0.5) is 0 Å². The number of nitrogens with zero attached hydrogens (tertiary/aromatic N) is 2. The van der Waals surface area contributed by atoms with Gasteiger partial charge in [0.05, 0.1) is 6.04 Å². The largest absolute Gasteiger partial charge is 0.466 e. The molecule has 3 nitrogen and oxygen atoms in total. The van der Waals surface area contributed by atoms with Crippen LogP contribution in [0, 0.1) is 0 Å². The SMILES string of the molecule is C[C@]12C[C@H](c3cc(Br)ccc3O1)N1CCSC1=N2. The fourth-order valence-corrected chi connectivity index (χ4v) is 4.46. The molecule has 1 fully saturated rings. The lowest BCUT2D eigenvalue weighted by Gasteiger charge is -2.45. The highest BCUT2D eigenvalue weighted by Gasteiger charge is 2.46. The molecule has 5 heteroatoms. The maximum atomic E-state index is 6.11. The number of amidine groups is 1. The zero-order chi connectivity index (χ0) is 12.3. The summed E-state index contributed by atoms with van der Waals surface area (Å²) in [5.74, 6) is 2.12. The van der Waals surface area contributed by atoms with Gasteiger partial charge in [0.2, 0.25) is 5.72 Å². The molecular weight excluding hydrogens is 312 g/mol. The Bertz CT molecular complexity index is 562. The lowest BCUT2D eigenvalue weighted by molar-refractivity contribution is 0.0271. The van der Waals surface area contributed by atoms with Gasteiger partial charge in [-0.3, -0.25) is 0 Å². The Morgan fingerprint density at radius 1 is 1.56 bits per heavy atom. The summed E-state index contributed by atoms with van der Waals surface area (Å²) in [6.07, 6.45) is 0.945. The van der Waals surface area contributed by atoms with Crippen LogP contribution in [0.1, 0.15) is 24.9 Å². The molecule has 3 heterocycles. The molecule has 0 unspecified atom stereocenters. The Kier molecular flexibility index (Phi) is 2.28. The minimum Gasteiger partial charge on any atom is -0.466 e. The maximum Gasteiger partial charge on any atom is 0.202 e. The number of fused-ring (bicyclic) bond motifs is 6. The van der Waals surface area contributed by atoms with Gasteiger partial charge in [-0.25, -0.2) is 4.99 Å². The molecule has 4 rings (SSSR count). The fourth-order valence-electron chi connectivity index (χ4n) is 2.97. The summed E-state index contributed by atoms with van der Waals surface area (Å²) in [6, 6.07) is 6.69. The minimum atomic E-state index is -0.380. The monoisotopic (exact) mass is 324 g/mol. The molecule has 0 radical (unpaired) electrons. The Morgan fingerprint density at radius 3 is 3.33 bits per heavy atom. The molecule has 0 amide bonds. The van der Waals surface area contributed by atoms with Crippen LogP contribution in [0.3, 0.4) is 0 Å². The second-order valence-electron chi connectivity index (χ2n) is 5.12. The first kappa shape index (κ1) is 11.2. The van der Waals surface area contributed by atoms with E-state index in [1.165, 1.54) is 5.56 Å². The smallest absolute Gasteiger partial charge is 0.202 e. The topological polar surface area (TPSA) is 24.8 Å². The zero-order valence-corrected chi connectivity index (χ0v) is 12.4. The standard InChI is InChI=1S/C13H13BrN2OS/c1-13-7-10(16-4-5-18-12(16)15-13)9-6-8(14)2-3-11(9)17-13/h2-3,6,10H,4-5,7H2,1H3/t10-,13-/m1/s1. The van der Waals surface area contributed by atoms with Gasteiger partial charge in [0, 0.05) is 28.8 Å². The number of benzene rings is 1. The number of thioether (sulfide) groups is 1. The van der Waals surface area contributed by atoms with Gasteiger partial charge in [0.1, 0.15) is 5.75 Å². The normalized spacial score (nSPS) is 32.4. The van der Waals surface area contributed by atoms with Gasteiger partial charge < -0.3 is 9.64 Å². The first-order valence-corrected chi connectivity index (χ1v) is 7.90. The van der Waals surface area contributed by atoms with Gasteiger partial charge >= 0.3 is 0 Å². The van der Waals surface area contributed by atoms with Crippen LogP contribution in [-0.2, 0) is 0 Å². The molecule has 1 aromatic rings. The summed E-state index contributed by atoms with van der Waals surface area (Å²) in [6.45, 7) is 3.18. The van der Waals surface area contributed by atoms with Crippen molar-refractivity contribution in [1.29, 1.82) is 0 Å². The highest BCUT2D eigenvalue weighted by Crippen LogP contribution is 2.49. The van der Waals surface area contributed by atoms with E-state index >= 15 is 0 Å². The van der Waals surface area contributed by atoms with E-state index < -0.39 is 0 Å². The van der Waals surface area contributed by atoms with Crippen molar-refractivity contribution in [1.82, 2.24) is 4.90 Å². The Morgan fingerprint density at radius 2 is 2.44 bits per heavy atom. The predicted molar refractivity (Wildman–Crippen MR) is 77.1 cm³/mol. The molecule has 3 aliphatic rings. The Hall–Kier alpha value is -0.680. The molecule has 94 valence electrons. The van der Waals surface area contributed by atoms with E-state index in [4.69, 9.17) is 9.73 Å². The number of rotatable bonds is 0. The van der Waals surface area contributed by atoms with Crippen molar-refractivity contribution in [3.05, 3.63) is 28.2 Å². The van der Waals surface area contributed by atoms with Crippen LogP contribution in [0.5, 0.6) is 5.75 Å². The summed E-state index contributed by atoms with van der Waals surface area (Å²) in [5.41, 5.74) is 0.908. The first-order valence-electron chi connectivity index (χ1n) is 6.12. The fraction of sp³-hybridized carbons (Fsp3) is 0.462. The highest BCUT2D eigenvalue weighted by molar-refractivity contribution is 9.10. The average molecular weight is 325 g/mol. The van der Waals surface area contributed by atoms with E-state index in [1.807, 2.05) is 23.9 Å². The van der Waals surface area contributed by atoms with E-state index in [1.54, 1.807) is 0 Å². The van der Waals surface area contributed by atoms with Crippen LogP contribution in [0.25, 0.3) is 0 Å². The van der Waals surface area contributed by atoms with Crippen molar-refractivity contribution in [2.75, 3.05) is 12.3 Å². The molecular formula is C13H13BrN2OS. The lowest BCUT2D eigenvalue weighted by atomic mass is 9.91. The number of ether oxygens (including phenoxy) is 1. The van der Waals surface area contributed by atoms with Crippen molar-refractivity contribution in [3.8, 4) is 5.75 Å². The van der Waals surface area contributed by atoms with Crippen LogP contribution in [-0.4, -0.2) is 28.1 Å². The third kappa shape index (κ3) is 1.53. The van der Waals surface area contributed by atoms with Crippen LogP contribution >= 0.6 is 27.7 Å². The maximum absolute atomic E-state index is 6.11. The second-order valence-corrected chi connectivity index (χ2v) is 7.09. The van der Waals surface area contributed by atoms with Crippen molar-refractivity contribution < 1.29 is 4.74 Å². The second kappa shape index (κ2) is 3.67. The number of halogens is 1. The van der Waals surface area contributed by atoms with Gasteiger partial charge in [-0.1, -0.05) is 27.7 Å². The average Bonchev–Trinajstić information content (AvgIpc) is 2.77. The molecule has 2 bridgehead atoms. The van der Waals surface area contributed by atoms with Crippen LogP contribution in [0.2, 0.25) is 0 Å². The summed E-state index contributed by atoms with van der Waals surface area (Å²) in [4.78, 5) is 7.22. The molecule has 18 heavy (non-hydrogen) atoms. The third-order valence-electron chi connectivity index (χ3n) is 3.75. The molecule has 0 aliphatic carbocycles. The number of hydrogen-bond acceptors (Lipinski definition) is 4. The Balaban J connectivity index is 1.89. The summed E-state index contributed by atoms with van der Waals surface area (Å²) in [7, 11) is 0.